The zero-order chi connectivity index (χ0) is 25.8. The molecule has 184 valence electrons. The van der Waals surface area contributed by atoms with E-state index in [1.165, 1.54) is 17.7 Å². The van der Waals surface area contributed by atoms with Crippen molar-refractivity contribution in [1.82, 2.24) is 35.0 Å². The second-order valence-electron chi connectivity index (χ2n) is 6.69. The van der Waals surface area contributed by atoms with Crippen molar-refractivity contribution < 1.29 is 35.9 Å². The number of alkyl halides is 6. The van der Waals surface area contributed by atoms with Crippen molar-refractivity contribution in [3.05, 3.63) is 48.2 Å². The Kier molecular flexibility index (Phi) is 7.03. The number of halogens is 6. The average molecular weight is 501 g/mol. The first kappa shape index (κ1) is 25.1. The number of pyridine rings is 1. The first-order valence-corrected chi connectivity index (χ1v) is 9.34. The minimum absolute atomic E-state index is 0.0380. The Hall–Kier alpha value is -4.49. The number of nitriles is 1. The average Bonchev–Trinajstić information content (AvgIpc) is 3.27. The summed E-state index contributed by atoms with van der Waals surface area (Å²) in [6.45, 7) is -0.424. The van der Waals surface area contributed by atoms with E-state index in [9.17, 15) is 31.1 Å². The highest BCUT2D eigenvalue weighted by Gasteiger charge is 2.35. The van der Waals surface area contributed by atoms with Crippen LogP contribution in [0.5, 0.6) is 5.75 Å². The van der Waals surface area contributed by atoms with Crippen LogP contribution in [0.2, 0.25) is 0 Å². The van der Waals surface area contributed by atoms with E-state index in [1.54, 1.807) is 0 Å². The van der Waals surface area contributed by atoms with E-state index in [2.05, 4.69) is 40.4 Å². The molecule has 3 aromatic rings. The van der Waals surface area contributed by atoms with Crippen LogP contribution in [0.1, 0.15) is 30.2 Å². The predicted octanol–water partition coefficient (Wildman–Crippen LogP) is 3.17. The number of rotatable bonds is 6. The Morgan fingerprint density at radius 1 is 1.14 bits per heavy atom. The summed E-state index contributed by atoms with van der Waals surface area (Å²) in [7, 11) is 0. The van der Waals surface area contributed by atoms with Gasteiger partial charge in [-0.3, -0.25) is 0 Å². The highest BCUT2D eigenvalue weighted by atomic mass is 19.4. The molecule has 0 radical (unpaired) electrons. The van der Waals surface area contributed by atoms with Gasteiger partial charge in [-0.05, 0) is 6.92 Å². The first-order chi connectivity index (χ1) is 16.4. The van der Waals surface area contributed by atoms with E-state index >= 15 is 0 Å². The number of carbonyl (C=O) groups excluding carboxylic acids is 1. The van der Waals surface area contributed by atoms with Crippen LogP contribution in [-0.4, -0.2) is 48.5 Å². The second kappa shape index (κ2) is 9.79. The van der Waals surface area contributed by atoms with E-state index in [-0.39, 0.29) is 23.4 Å². The van der Waals surface area contributed by atoms with Gasteiger partial charge in [-0.1, -0.05) is 0 Å². The van der Waals surface area contributed by atoms with Gasteiger partial charge < -0.3 is 15.4 Å². The fraction of sp³-hybridized carbons (Fsp3) is 0.278. The zero-order valence-electron chi connectivity index (χ0n) is 17.4. The van der Waals surface area contributed by atoms with Crippen LogP contribution in [0.3, 0.4) is 0 Å². The minimum atomic E-state index is -4.96. The number of urea groups is 1. The smallest absolute Gasteiger partial charge is 0.433 e. The monoisotopic (exact) mass is 501 g/mol. The van der Waals surface area contributed by atoms with Gasteiger partial charge in [0.2, 0.25) is 0 Å². The third-order valence-corrected chi connectivity index (χ3v) is 4.09. The van der Waals surface area contributed by atoms with Crippen LogP contribution in [0.15, 0.2) is 31.0 Å². The number of carbonyl (C=O) groups is 1. The molecule has 11 nitrogen and oxygen atoms in total. The Labute approximate surface area is 191 Å². The molecule has 0 spiro atoms. The molecule has 2 N–H and O–H groups in total. The molecule has 0 fully saturated rings. The molecule has 0 aliphatic heterocycles. The third kappa shape index (κ3) is 6.52. The van der Waals surface area contributed by atoms with Crippen LogP contribution in [0.4, 0.5) is 36.8 Å². The van der Waals surface area contributed by atoms with Crippen molar-refractivity contribution in [3.8, 4) is 17.6 Å². The zero-order valence-corrected chi connectivity index (χ0v) is 17.4. The maximum Gasteiger partial charge on any atom is 0.433 e. The van der Waals surface area contributed by atoms with Crippen molar-refractivity contribution in [2.24, 2.45) is 0 Å². The number of ether oxygens (including phenoxy) is 1. The van der Waals surface area contributed by atoms with Crippen LogP contribution < -0.4 is 15.4 Å². The van der Waals surface area contributed by atoms with E-state index in [4.69, 9.17) is 5.26 Å². The topological polar surface area (TPSA) is 144 Å². The summed E-state index contributed by atoms with van der Waals surface area (Å²) in [5, 5.41) is 17.4. The van der Waals surface area contributed by atoms with Gasteiger partial charge >= 0.3 is 18.4 Å². The second-order valence-corrected chi connectivity index (χ2v) is 6.69. The van der Waals surface area contributed by atoms with Gasteiger partial charge in [0.25, 0.3) is 0 Å². The molecule has 3 heterocycles. The van der Waals surface area contributed by atoms with Gasteiger partial charge in [-0.2, -0.15) is 41.4 Å². The van der Waals surface area contributed by atoms with Crippen molar-refractivity contribution in [2.45, 2.75) is 25.3 Å². The fourth-order valence-corrected chi connectivity index (χ4v) is 2.63. The molecule has 3 rings (SSSR count). The molecule has 2 amide bonds. The lowest BCUT2D eigenvalue weighted by molar-refractivity contribution is -0.153. The summed E-state index contributed by atoms with van der Waals surface area (Å²) in [5.74, 6) is -0.588. The van der Waals surface area contributed by atoms with E-state index in [0.29, 0.717) is 6.20 Å². The highest BCUT2D eigenvalue weighted by molar-refractivity contribution is 5.90. The van der Waals surface area contributed by atoms with Crippen LogP contribution in [0.25, 0.3) is 5.82 Å². The summed E-state index contributed by atoms with van der Waals surface area (Å²) < 4.78 is 81.9. The SMILES string of the molecule is CC(NC(=O)Nc1cnc(C(F)(F)F)cc1OCC(F)(F)F)c1ncnn1-c1cc(C#N)ncn1. The highest BCUT2D eigenvalue weighted by Crippen LogP contribution is 2.34. The standard InChI is InChI=1S/C18H13F6N9O2/c1-9(15-29-8-30-33(15)14-2-10(4-25)27-7-28-14)31-16(34)32-11-5-26-13(18(22,23)24)3-12(11)35-6-17(19,20)21/h2-3,5,7-9H,6H2,1H3,(H2,31,32,34). The largest absolute Gasteiger partial charge is 0.482 e. The van der Waals surface area contributed by atoms with Gasteiger partial charge in [-0.15, -0.1) is 0 Å². The molecule has 1 atom stereocenters. The summed E-state index contributed by atoms with van der Waals surface area (Å²) in [6.07, 6.45) is -7.02. The Morgan fingerprint density at radius 2 is 1.89 bits per heavy atom. The molecule has 0 aromatic carbocycles. The lowest BCUT2D eigenvalue weighted by atomic mass is 10.3. The van der Waals surface area contributed by atoms with E-state index < -0.39 is 48.2 Å². The van der Waals surface area contributed by atoms with Gasteiger partial charge in [0, 0.05) is 12.1 Å². The molecule has 0 bridgehead atoms. The molecule has 0 aliphatic rings. The molecular formula is C18H13F6N9O2. The van der Waals surface area contributed by atoms with Crippen LogP contribution in [-0.2, 0) is 6.18 Å². The van der Waals surface area contributed by atoms with Gasteiger partial charge in [0.15, 0.2) is 18.2 Å². The molecule has 35 heavy (non-hydrogen) atoms. The number of anilines is 1. The molecule has 3 aromatic heterocycles. The number of hydrogen-bond acceptors (Lipinski definition) is 8. The molecule has 17 heteroatoms. The van der Waals surface area contributed by atoms with Gasteiger partial charge in [0.05, 0.1) is 12.2 Å². The Morgan fingerprint density at radius 3 is 2.54 bits per heavy atom. The Bertz CT molecular complexity index is 1250. The number of nitrogens with zero attached hydrogens (tertiary/aromatic N) is 7. The van der Waals surface area contributed by atoms with Crippen molar-refractivity contribution in [1.29, 1.82) is 5.26 Å². The van der Waals surface area contributed by atoms with Crippen LogP contribution in [0, 0.1) is 11.3 Å². The fourth-order valence-electron chi connectivity index (χ4n) is 2.63. The lowest BCUT2D eigenvalue weighted by Gasteiger charge is -2.18. The molecule has 0 saturated heterocycles. The molecule has 0 aliphatic carbocycles. The first-order valence-electron chi connectivity index (χ1n) is 9.34. The summed E-state index contributed by atoms with van der Waals surface area (Å²) in [4.78, 5) is 27.2. The number of hydrogen-bond donors (Lipinski definition) is 2. The normalized spacial score (nSPS) is 12.5. The van der Waals surface area contributed by atoms with Crippen molar-refractivity contribution >= 4 is 11.7 Å². The summed E-state index contributed by atoms with van der Waals surface area (Å²) >= 11 is 0. The minimum Gasteiger partial charge on any atom is -0.482 e. The van der Waals surface area contributed by atoms with Gasteiger partial charge in [0.1, 0.15) is 41.5 Å². The lowest BCUT2D eigenvalue weighted by Crippen LogP contribution is -2.33. The molecular weight excluding hydrogens is 488 g/mol. The number of aromatic nitrogens is 6. The third-order valence-electron chi connectivity index (χ3n) is 4.09. The van der Waals surface area contributed by atoms with Crippen molar-refractivity contribution in [2.75, 3.05) is 11.9 Å². The quantitative estimate of drug-likeness (QED) is 0.491. The predicted molar refractivity (Wildman–Crippen MR) is 103 cm³/mol. The number of amides is 2. The van der Waals surface area contributed by atoms with E-state index in [1.807, 2.05) is 6.07 Å². The molecule has 1 unspecified atom stereocenters. The van der Waals surface area contributed by atoms with Crippen molar-refractivity contribution in [3.63, 3.8) is 0 Å². The van der Waals surface area contributed by atoms with E-state index in [0.717, 1.165) is 12.7 Å². The Balaban J connectivity index is 1.78. The molecule has 0 saturated carbocycles. The maximum atomic E-state index is 12.9. The maximum absolute atomic E-state index is 12.9. The summed E-state index contributed by atoms with van der Waals surface area (Å²) in [6, 6.07) is 1.46. The number of nitrogens with one attached hydrogen (secondary N) is 2. The van der Waals surface area contributed by atoms with Gasteiger partial charge in [-0.25, -0.2) is 24.7 Å². The summed E-state index contributed by atoms with van der Waals surface area (Å²) in [5.41, 5.74) is -2.01. The van der Waals surface area contributed by atoms with Crippen LogP contribution >= 0.6 is 0 Å².